The molecule has 2 aromatic carbocycles. The summed E-state index contributed by atoms with van der Waals surface area (Å²) in [5, 5.41) is 1.34. The van der Waals surface area contributed by atoms with E-state index in [-0.39, 0.29) is 0 Å². The maximum Gasteiger partial charge on any atom is 0.119 e. The van der Waals surface area contributed by atoms with Crippen molar-refractivity contribution >= 4 is 10.9 Å². The minimum Gasteiger partial charge on any atom is -0.494 e. The summed E-state index contributed by atoms with van der Waals surface area (Å²) >= 11 is 0. The topological polar surface area (TPSA) is 14.2 Å². The molecule has 0 aliphatic carbocycles. The Labute approximate surface area is 119 Å². The van der Waals surface area contributed by atoms with Crippen LogP contribution >= 0.6 is 0 Å². The van der Waals surface area contributed by atoms with Crippen LogP contribution in [0.2, 0.25) is 0 Å². The summed E-state index contributed by atoms with van der Waals surface area (Å²) in [5.41, 5.74) is 2.64. The molecule has 0 saturated heterocycles. The zero-order chi connectivity index (χ0) is 13.8. The maximum atomic E-state index is 5.73. The smallest absolute Gasteiger partial charge is 0.119 e. The Morgan fingerprint density at radius 2 is 1.80 bits per heavy atom. The van der Waals surface area contributed by atoms with Crippen molar-refractivity contribution in [2.75, 3.05) is 6.61 Å². The molecule has 102 valence electrons. The number of aromatic nitrogens is 1. The van der Waals surface area contributed by atoms with Gasteiger partial charge in [-0.2, -0.15) is 0 Å². The Balaban J connectivity index is 1.59. The summed E-state index contributed by atoms with van der Waals surface area (Å²) in [6, 6.07) is 18.6. The summed E-state index contributed by atoms with van der Waals surface area (Å²) in [5.74, 6) is 0.945. The van der Waals surface area contributed by atoms with Crippen LogP contribution in [0.15, 0.2) is 60.8 Å². The Morgan fingerprint density at radius 1 is 0.950 bits per heavy atom. The summed E-state index contributed by atoms with van der Waals surface area (Å²) in [7, 11) is 0. The molecule has 2 heteroatoms. The van der Waals surface area contributed by atoms with Gasteiger partial charge in [0.25, 0.3) is 0 Å². The lowest BCUT2D eigenvalue weighted by atomic mass is 10.1. The number of nitrogens with zero attached hydrogens (tertiary/aromatic N) is 1. The summed E-state index contributed by atoms with van der Waals surface area (Å²) < 4.78 is 8.03. The number of fused-ring (bicyclic) bond motifs is 1. The first-order chi connectivity index (χ1) is 9.84. The first kappa shape index (κ1) is 12.8. The Hall–Kier alpha value is -2.22. The van der Waals surface area contributed by atoms with E-state index in [4.69, 9.17) is 4.74 Å². The van der Waals surface area contributed by atoms with Gasteiger partial charge >= 0.3 is 0 Å². The van der Waals surface area contributed by atoms with Crippen LogP contribution in [0.4, 0.5) is 0 Å². The van der Waals surface area contributed by atoms with E-state index in [1.54, 1.807) is 0 Å². The van der Waals surface area contributed by atoms with Crippen molar-refractivity contribution in [1.29, 1.82) is 0 Å². The number of ether oxygens (including phenoxy) is 1. The number of rotatable bonds is 5. The molecular weight excluding hydrogens is 246 g/mol. The number of hydrogen-bond acceptors (Lipinski definition) is 1. The van der Waals surface area contributed by atoms with E-state index in [2.05, 4.69) is 42.0 Å². The molecule has 20 heavy (non-hydrogen) atoms. The molecule has 0 aliphatic heterocycles. The Kier molecular flexibility index (Phi) is 3.73. The fourth-order valence-electron chi connectivity index (χ4n) is 2.51. The highest BCUT2D eigenvalue weighted by atomic mass is 16.5. The molecule has 1 aromatic heterocycles. The maximum absolute atomic E-state index is 5.73. The fourth-order valence-corrected chi connectivity index (χ4v) is 2.51. The fraction of sp³-hybridized carbons (Fsp3) is 0.222. The lowest BCUT2D eigenvalue weighted by molar-refractivity contribution is 0.302. The second-order valence-corrected chi connectivity index (χ2v) is 5.03. The van der Waals surface area contributed by atoms with E-state index in [0.717, 1.165) is 25.3 Å². The molecule has 0 saturated carbocycles. The number of para-hydroxylation sites is 1. The predicted octanol–water partition coefficient (Wildman–Crippen LogP) is 4.42. The van der Waals surface area contributed by atoms with E-state index < -0.39 is 0 Å². The standard InChI is InChI=1S/C18H19NO/c1-15-7-5-10-18-17(15)11-13-19(18)12-6-14-20-16-8-3-2-4-9-16/h2-5,7-11,13H,6,12,14H2,1H3. The monoisotopic (exact) mass is 265 g/mol. The van der Waals surface area contributed by atoms with Gasteiger partial charge in [0.1, 0.15) is 5.75 Å². The molecule has 0 unspecified atom stereocenters. The minimum absolute atomic E-state index is 0.746. The third-order valence-electron chi connectivity index (χ3n) is 3.59. The molecule has 0 fully saturated rings. The van der Waals surface area contributed by atoms with Crippen LogP contribution in [0.3, 0.4) is 0 Å². The quantitative estimate of drug-likeness (QED) is 0.623. The van der Waals surface area contributed by atoms with Gasteiger partial charge in [-0.1, -0.05) is 30.3 Å². The van der Waals surface area contributed by atoms with Crippen molar-refractivity contribution in [3.05, 3.63) is 66.4 Å². The molecule has 1 heterocycles. The largest absolute Gasteiger partial charge is 0.494 e. The summed E-state index contributed by atoms with van der Waals surface area (Å²) in [4.78, 5) is 0. The highest BCUT2D eigenvalue weighted by molar-refractivity contribution is 5.83. The van der Waals surface area contributed by atoms with E-state index >= 15 is 0 Å². The van der Waals surface area contributed by atoms with Gasteiger partial charge in [0.15, 0.2) is 0 Å². The summed E-state index contributed by atoms with van der Waals surface area (Å²) in [6.07, 6.45) is 3.17. The highest BCUT2D eigenvalue weighted by Gasteiger charge is 2.02. The summed E-state index contributed by atoms with van der Waals surface area (Å²) in [6.45, 7) is 3.89. The zero-order valence-corrected chi connectivity index (χ0v) is 11.8. The highest BCUT2D eigenvalue weighted by Crippen LogP contribution is 2.19. The van der Waals surface area contributed by atoms with Gasteiger partial charge in [0.05, 0.1) is 6.61 Å². The molecule has 0 spiro atoms. The molecule has 2 nitrogen and oxygen atoms in total. The van der Waals surface area contributed by atoms with Crippen LogP contribution in [0.25, 0.3) is 10.9 Å². The van der Waals surface area contributed by atoms with Gasteiger partial charge in [0, 0.05) is 23.6 Å². The van der Waals surface area contributed by atoms with Crippen molar-refractivity contribution < 1.29 is 4.74 Å². The molecule has 3 rings (SSSR count). The van der Waals surface area contributed by atoms with Gasteiger partial charge in [-0.25, -0.2) is 0 Å². The van der Waals surface area contributed by atoms with E-state index in [1.807, 2.05) is 30.3 Å². The van der Waals surface area contributed by atoms with Gasteiger partial charge < -0.3 is 9.30 Å². The van der Waals surface area contributed by atoms with Crippen LogP contribution in [-0.2, 0) is 6.54 Å². The van der Waals surface area contributed by atoms with Crippen LogP contribution in [0.1, 0.15) is 12.0 Å². The molecule has 0 bridgehead atoms. The Bertz CT molecular complexity index is 685. The van der Waals surface area contributed by atoms with Gasteiger partial charge in [-0.15, -0.1) is 0 Å². The molecular formula is C18H19NO. The van der Waals surface area contributed by atoms with Crippen LogP contribution < -0.4 is 4.74 Å². The van der Waals surface area contributed by atoms with Gasteiger partial charge in [0.2, 0.25) is 0 Å². The molecule has 0 atom stereocenters. The van der Waals surface area contributed by atoms with Gasteiger partial charge in [-0.05, 0) is 43.2 Å². The predicted molar refractivity (Wildman–Crippen MR) is 83.2 cm³/mol. The molecule has 0 N–H and O–H groups in total. The van der Waals surface area contributed by atoms with Crippen molar-refractivity contribution in [3.63, 3.8) is 0 Å². The van der Waals surface area contributed by atoms with Crippen molar-refractivity contribution in [3.8, 4) is 5.75 Å². The van der Waals surface area contributed by atoms with Crippen molar-refractivity contribution in [2.24, 2.45) is 0 Å². The third-order valence-corrected chi connectivity index (χ3v) is 3.59. The SMILES string of the molecule is Cc1cccc2c1ccn2CCCOc1ccccc1. The molecule has 0 amide bonds. The van der Waals surface area contributed by atoms with E-state index in [0.29, 0.717) is 0 Å². The average molecular weight is 265 g/mol. The molecule has 0 aliphatic rings. The van der Waals surface area contributed by atoms with Crippen LogP contribution in [-0.4, -0.2) is 11.2 Å². The number of hydrogen-bond donors (Lipinski definition) is 0. The molecule has 0 radical (unpaired) electrons. The first-order valence-electron chi connectivity index (χ1n) is 7.07. The van der Waals surface area contributed by atoms with Crippen LogP contribution in [0, 0.1) is 6.92 Å². The van der Waals surface area contributed by atoms with Crippen molar-refractivity contribution in [1.82, 2.24) is 4.57 Å². The average Bonchev–Trinajstić information content (AvgIpc) is 2.90. The first-order valence-corrected chi connectivity index (χ1v) is 7.07. The normalized spacial score (nSPS) is 10.8. The zero-order valence-electron chi connectivity index (χ0n) is 11.8. The van der Waals surface area contributed by atoms with Crippen molar-refractivity contribution in [2.45, 2.75) is 19.9 Å². The Morgan fingerprint density at radius 3 is 2.65 bits per heavy atom. The molecule has 3 aromatic rings. The number of benzene rings is 2. The minimum atomic E-state index is 0.746. The second-order valence-electron chi connectivity index (χ2n) is 5.03. The lowest BCUT2D eigenvalue weighted by Crippen LogP contribution is -2.03. The van der Waals surface area contributed by atoms with Crippen LogP contribution in [0.5, 0.6) is 5.75 Å². The van der Waals surface area contributed by atoms with E-state index in [1.165, 1.54) is 16.5 Å². The number of aryl methyl sites for hydroxylation is 2. The van der Waals surface area contributed by atoms with Gasteiger partial charge in [-0.3, -0.25) is 0 Å². The third kappa shape index (κ3) is 2.69. The second kappa shape index (κ2) is 5.83. The lowest BCUT2D eigenvalue weighted by Gasteiger charge is -2.08. The van der Waals surface area contributed by atoms with E-state index in [9.17, 15) is 0 Å².